The Morgan fingerprint density at radius 3 is 2.92 bits per heavy atom. The topological polar surface area (TPSA) is 45.7 Å². The normalized spacial score (nSPS) is 19.7. The number of methoxy groups -OCH3 is 1. The quantitative estimate of drug-likeness (QED) is 0.810. The fourth-order valence-corrected chi connectivity index (χ4v) is 3.75. The van der Waals surface area contributed by atoms with E-state index in [1.165, 1.54) is 12.7 Å². The third-order valence-corrected chi connectivity index (χ3v) is 4.91. The lowest BCUT2D eigenvalue weighted by atomic mass is 10.1. The van der Waals surface area contributed by atoms with Gasteiger partial charge in [0, 0.05) is 38.4 Å². The molecule has 5 heteroatoms. The van der Waals surface area contributed by atoms with E-state index in [0.29, 0.717) is 11.6 Å². The van der Waals surface area contributed by atoms with Crippen LogP contribution in [0.5, 0.6) is 0 Å². The van der Waals surface area contributed by atoms with Crippen LogP contribution < -0.4 is 4.90 Å². The first-order chi connectivity index (χ1) is 11.7. The number of hydrogen-bond acceptors (Lipinski definition) is 5. The van der Waals surface area contributed by atoms with Crippen LogP contribution in [0.15, 0.2) is 42.6 Å². The maximum atomic E-state index is 11.7. The molecule has 5 nitrogen and oxygen atoms in total. The van der Waals surface area contributed by atoms with Crippen molar-refractivity contribution >= 4 is 11.8 Å². The Balaban J connectivity index is 1.48. The Morgan fingerprint density at radius 1 is 1.29 bits per heavy atom. The van der Waals surface area contributed by atoms with Gasteiger partial charge in [0.25, 0.3) is 0 Å². The standard InChI is InChI=1S/C19H21N3O2/c1-24-19(23)16-9-15-10-17-13-21(12-14-5-3-2-4-6-14)7-8-22(17)18(15)20-11-16/h2-6,9,11,17H,7-8,10,12-13H2,1H3. The molecule has 0 bridgehead atoms. The van der Waals surface area contributed by atoms with Crippen LogP contribution in [0.4, 0.5) is 5.82 Å². The largest absolute Gasteiger partial charge is 0.465 e. The number of nitrogens with zero attached hydrogens (tertiary/aromatic N) is 3. The first-order valence-electron chi connectivity index (χ1n) is 8.35. The molecule has 3 heterocycles. The SMILES string of the molecule is COC(=O)c1cnc2c(c1)CC1CN(Cc3ccccc3)CCN21. The predicted molar refractivity (Wildman–Crippen MR) is 92.1 cm³/mol. The number of carbonyl (C=O) groups is 1. The molecule has 1 fully saturated rings. The number of hydrogen-bond donors (Lipinski definition) is 0. The van der Waals surface area contributed by atoms with Crippen molar-refractivity contribution in [2.24, 2.45) is 0 Å². The molecule has 1 aromatic carbocycles. The van der Waals surface area contributed by atoms with Crippen molar-refractivity contribution in [3.63, 3.8) is 0 Å². The monoisotopic (exact) mass is 323 g/mol. The molecule has 0 radical (unpaired) electrons. The van der Waals surface area contributed by atoms with Gasteiger partial charge in [-0.15, -0.1) is 0 Å². The highest BCUT2D eigenvalue weighted by Crippen LogP contribution is 2.33. The van der Waals surface area contributed by atoms with Crippen molar-refractivity contribution in [3.8, 4) is 0 Å². The van der Waals surface area contributed by atoms with Crippen LogP contribution in [0.2, 0.25) is 0 Å². The second kappa shape index (κ2) is 6.24. The van der Waals surface area contributed by atoms with Crippen molar-refractivity contribution in [1.82, 2.24) is 9.88 Å². The molecule has 0 spiro atoms. The van der Waals surface area contributed by atoms with E-state index in [1.807, 2.05) is 6.07 Å². The van der Waals surface area contributed by atoms with E-state index in [1.54, 1.807) is 6.20 Å². The molecule has 2 aromatic rings. The van der Waals surface area contributed by atoms with Gasteiger partial charge in [-0.1, -0.05) is 30.3 Å². The van der Waals surface area contributed by atoms with E-state index in [4.69, 9.17) is 4.74 Å². The Kier molecular flexibility index (Phi) is 3.94. The number of esters is 1. The molecule has 1 aromatic heterocycles. The van der Waals surface area contributed by atoms with Gasteiger partial charge in [0.1, 0.15) is 5.82 Å². The summed E-state index contributed by atoms with van der Waals surface area (Å²) in [5.41, 5.74) is 3.05. The highest BCUT2D eigenvalue weighted by molar-refractivity contribution is 5.89. The summed E-state index contributed by atoms with van der Waals surface area (Å²) >= 11 is 0. The number of benzene rings is 1. The van der Waals surface area contributed by atoms with Gasteiger partial charge in [0.2, 0.25) is 0 Å². The van der Waals surface area contributed by atoms with Crippen LogP contribution in [-0.2, 0) is 17.7 Å². The number of aromatic nitrogens is 1. The highest BCUT2D eigenvalue weighted by Gasteiger charge is 2.35. The number of ether oxygens (including phenoxy) is 1. The lowest BCUT2D eigenvalue weighted by molar-refractivity contribution is 0.0600. The first kappa shape index (κ1) is 15.1. The maximum absolute atomic E-state index is 11.7. The van der Waals surface area contributed by atoms with E-state index in [2.05, 4.69) is 45.1 Å². The minimum absolute atomic E-state index is 0.319. The molecule has 4 rings (SSSR count). The van der Waals surface area contributed by atoms with Gasteiger partial charge >= 0.3 is 5.97 Å². The van der Waals surface area contributed by atoms with Crippen LogP contribution in [0.1, 0.15) is 21.5 Å². The highest BCUT2D eigenvalue weighted by atomic mass is 16.5. The van der Waals surface area contributed by atoms with Crippen LogP contribution >= 0.6 is 0 Å². The average molecular weight is 323 g/mol. The van der Waals surface area contributed by atoms with E-state index in [0.717, 1.165) is 44.0 Å². The summed E-state index contributed by atoms with van der Waals surface area (Å²) in [4.78, 5) is 21.1. The lowest BCUT2D eigenvalue weighted by Crippen LogP contribution is -2.51. The molecular weight excluding hydrogens is 302 g/mol. The Morgan fingerprint density at radius 2 is 2.12 bits per heavy atom. The molecular formula is C19H21N3O2. The number of anilines is 1. The van der Waals surface area contributed by atoms with Crippen molar-refractivity contribution in [1.29, 1.82) is 0 Å². The summed E-state index contributed by atoms with van der Waals surface area (Å²) in [5, 5.41) is 0. The zero-order chi connectivity index (χ0) is 16.5. The fraction of sp³-hybridized carbons (Fsp3) is 0.368. The second-order valence-electron chi connectivity index (χ2n) is 6.47. The summed E-state index contributed by atoms with van der Waals surface area (Å²) < 4.78 is 4.80. The van der Waals surface area contributed by atoms with E-state index >= 15 is 0 Å². The summed E-state index contributed by atoms with van der Waals surface area (Å²) in [6.45, 7) is 4.03. The molecule has 2 aliphatic heterocycles. The molecule has 1 saturated heterocycles. The van der Waals surface area contributed by atoms with Gasteiger partial charge in [-0.25, -0.2) is 9.78 Å². The van der Waals surface area contributed by atoms with Crippen LogP contribution in [-0.4, -0.2) is 48.6 Å². The molecule has 1 unspecified atom stereocenters. The van der Waals surface area contributed by atoms with Gasteiger partial charge in [0.15, 0.2) is 0 Å². The van der Waals surface area contributed by atoms with E-state index in [9.17, 15) is 4.79 Å². The minimum atomic E-state index is -0.319. The van der Waals surface area contributed by atoms with Crippen molar-refractivity contribution in [2.45, 2.75) is 19.0 Å². The number of pyridine rings is 1. The summed E-state index contributed by atoms with van der Waals surface area (Å²) in [5.74, 6) is 0.716. The molecule has 0 aliphatic carbocycles. The molecule has 1 atom stereocenters. The molecule has 0 amide bonds. The van der Waals surface area contributed by atoms with Gasteiger partial charge in [-0.2, -0.15) is 0 Å². The third kappa shape index (κ3) is 2.76. The maximum Gasteiger partial charge on any atom is 0.339 e. The Labute approximate surface area is 141 Å². The van der Waals surface area contributed by atoms with Gasteiger partial charge in [0.05, 0.1) is 12.7 Å². The number of piperazine rings is 1. The van der Waals surface area contributed by atoms with Crippen LogP contribution in [0.3, 0.4) is 0 Å². The second-order valence-corrected chi connectivity index (χ2v) is 6.47. The minimum Gasteiger partial charge on any atom is -0.465 e. The van der Waals surface area contributed by atoms with Gasteiger partial charge in [-0.05, 0) is 23.6 Å². The fourth-order valence-electron chi connectivity index (χ4n) is 3.75. The lowest BCUT2D eigenvalue weighted by Gasteiger charge is -2.38. The number of fused-ring (bicyclic) bond motifs is 3. The smallest absolute Gasteiger partial charge is 0.339 e. The van der Waals surface area contributed by atoms with E-state index in [-0.39, 0.29) is 5.97 Å². The average Bonchev–Trinajstić information content (AvgIpc) is 2.98. The number of carbonyl (C=O) groups excluding carboxylic acids is 1. The summed E-state index contributed by atoms with van der Waals surface area (Å²) in [6.07, 6.45) is 2.57. The predicted octanol–water partition coefficient (Wildman–Crippen LogP) is 2.12. The van der Waals surface area contributed by atoms with Crippen molar-refractivity contribution < 1.29 is 9.53 Å². The van der Waals surface area contributed by atoms with Gasteiger partial charge in [-0.3, -0.25) is 4.90 Å². The molecule has 124 valence electrons. The van der Waals surface area contributed by atoms with Crippen molar-refractivity contribution in [2.75, 3.05) is 31.6 Å². The van der Waals surface area contributed by atoms with Crippen molar-refractivity contribution in [3.05, 3.63) is 59.3 Å². The Bertz CT molecular complexity index is 748. The zero-order valence-corrected chi connectivity index (χ0v) is 13.8. The van der Waals surface area contributed by atoms with E-state index < -0.39 is 0 Å². The third-order valence-electron chi connectivity index (χ3n) is 4.91. The summed E-state index contributed by atoms with van der Waals surface area (Å²) in [7, 11) is 1.40. The van der Waals surface area contributed by atoms with Gasteiger partial charge < -0.3 is 9.64 Å². The van der Waals surface area contributed by atoms with Crippen LogP contribution in [0.25, 0.3) is 0 Å². The molecule has 2 aliphatic rings. The summed E-state index contributed by atoms with van der Waals surface area (Å²) in [6, 6.07) is 13.0. The Hall–Kier alpha value is -2.40. The zero-order valence-electron chi connectivity index (χ0n) is 13.8. The molecule has 0 saturated carbocycles. The van der Waals surface area contributed by atoms with Crippen LogP contribution in [0, 0.1) is 0 Å². The number of rotatable bonds is 3. The molecule has 24 heavy (non-hydrogen) atoms. The molecule has 0 N–H and O–H groups in total. The first-order valence-corrected chi connectivity index (χ1v) is 8.35.